The number of hydrogen-bond acceptors (Lipinski definition) is 4. The van der Waals surface area contributed by atoms with E-state index in [-0.39, 0.29) is 0 Å². The first-order valence-electron chi connectivity index (χ1n) is 7.45. The SMILES string of the molecule is COc1ccc(CCN)cc1OCN(C)Cc1ccccc1. The molecule has 2 aromatic carbocycles. The van der Waals surface area contributed by atoms with Crippen LogP contribution in [-0.2, 0) is 13.0 Å². The Bertz CT molecular complexity index is 573. The third-order valence-electron chi connectivity index (χ3n) is 3.40. The van der Waals surface area contributed by atoms with E-state index in [0.29, 0.717) is 13.3 Å². The lowest BCUT2D eigenvalue weighted by Gasteiger charge is -2.19. The third kappa shape index (κ3) is 4.76. The fourth-order valence-electron chi connectivity index (χ4n) is 2.28. The Morgan fingerprint density at radius 3 is 2.45 bits per heavy atom. The van der Waals surface area contributed by atoms with Crippen LogP contribution in [0.2, 0.25) is 0 Å². The summed E-state index contributed by atoms with van der Waals surface area (Å²) >= 11 is 0. The van der Waals surface area contributed by atoms with Gasteiger partial charge in [0, 0.05) is 6.54 Å². The highest BCUT2D eigenvalue weighted by Crippen LogP contribution is 2.28. The van der Waals surface area contributed by atoms with E-state index in [9.17, 15) is 0 Å². The highest BCUT2D eigenvalue weighted by Gasteiger charge is 2.07. The second kappa shape index (κ2) is 8.41. The molecule has 0 amide bonds. The molecule has 22 heavy (non-hydrogen) atoms. The average Bonchev–Trinajstić information content (AvgIpc) is 2.54. The van der Waals surface area contributed by atoms with Crippen LogP contribution in [0.5, 0.6) is 11.5 Å². The van der Waals surface area contributed by atoms with Crippen molar-refractivity contribution in [3.8, 4) is 11.5 Å². The van der Waals surface area contributed by atoms with Crippen molar-refractivity contribution in [2.45, 2.75) is 13.0 Å². The van der Waals surface area contributed by atoms with Gasteiger partial charge < -0.3 is 15.2 Å². The van der Waals surface area contributed by atoms with Crippen molar-refractivity contribution in [3.05, 3.63) is 59.7 Å². The quantitative estimate of drug-likeness (QED) is 0.761. The van der Waals surface area contributed by atoms with Gasteiger partial charge in [-0.2, -0.15) is 0 Å². The molecule has 0 fully saturated rings. The van der Waals surface area contributed by atoms with Crippen LogP contribution in [0.1, 0.15) is 11.1 Å². The van der Waals surface area contributed by atoms with Gasteiger partial charge in [-0.15, -0.1) is 0 Å². The Labute approximate surface area is 132 Å². The van der Waals surface area contributed by atoms with E-state index in [1.165, 1.54) is 5.56 Å². The molecule has 118 valence electrons. The van der Waals surface area contributed by atoms with Crippen LogP contribution >= 0.6 is 0 Å². The van der Waals surface area contributed by atoms with Gasteiger partial charge in [-0.1, -0.05) is 36.4 Å². The molecular formula is C18H24N2O2. The number of rotatable bonds is 8. The standard InChI is InChI=1S/C18H24N2O2/c1-20(13-16-6-4-3-5-7-16)14-22-18-12-15(10-11-19)8-9-17(18)21-2/h3-9,12H,10-11,13-14,19H2,1-2H3. The summed E-state index contributed by atoms with van der Waals surface area (Å²) in [6, 6.07) is 16.3. The second-order valence-electron chi connectivity index (χ2n) is 5.30. The maximum absolute atomic E-state index is 5.91. The lowest BCUT2D eigenvalue weighted by molar-refractivity contribution is 0.143. The molecule has 0 aliphatic carbocycles. The molecule has 0 saturated heterocycles. The third-order valence-corrected chi connectivity index (χ3v) is 3.40. The largest absolute Gasteiger partial charge is 0.493 e. The molecule has 0 aromatic heterocycles. The fourth-order valence-corrected chi connectivity index (χ4v) is 2.28. The minimum absolute atomic E-state index is 0.497. The molecule has 0 saturated carbocycles. The van der Waals surface area contributed by atoms with Crippen LogP contribution in [0.3, 0.4) is 0 Å². The molecule has 0 atom stereocenters. The smallest absolute Gasteiger partial charge is 0.163 e. The Morgan fingerprint density at radius 2 is 1.77 bits per heavy atom. The van der Waals surface area contributed by atoms with Crippen molar-refractivity contribution in [2.75, 3.05) is 27.4 Å². The first-order valence-corrected chi connectivity index (χ1v) is 7.45. The Morgan fingerprint density at radius 1 is 1.00 bits per heavy atom. The van der Waals surface area contributed by atoms with Crippen LogP contribution < -0.4 is 15.2 Å². The van der Waals surface area contributed by atoms with Crippen molar-refractivity contribution in [1.29, 1.82) is 0 Å². The lowest BCUT2D eigenvalue weighted by Crippen LogP contribution is -2.23. The van der Waals surface area contributed by atoms with Crippen molar-refractivity contribution in [1.82, 2.24) is 4.90 Å². The van der Waals surface area contributed by atoms with Crippen molar-refractivity contribution < 1.29 is 9.47 Å². The van der Waals surface area contributed by atoms with Crippen LogP contribution in [-0.4, -0.2) is 32.3 Å². The second-order valence-corrected chi connectivity index (χ2v) is 5.30. The van der Waals surface area contributed by atoms with Gasteiger partial charge in [0.15, 0.2) is 11.5 Å². The van der Waals surface area contributed by atoms with Gasteiger partial charge in [-0.25, -0.2) is 0 Å². The maximum atomic E-state index is 5.91. The molecule has 0 radical (unpaired) electrons. The van der Waals surface area contributed by atoms with E-state index in [0.717, 1.165) is 30.0 Å². The number of methoxy groups -OCH3 is 1. The number of benzene rings is 2. The zero-order chi connectivity index (χ0) is 15.8. The van der Waals surface area contributed by atoms with Crippen molar-refractivity contribution in [3.63, 3.8) is 0 Å². The summed E-state index contributed by atoms with van der Waals surface area (Å²) in [4.78, 5) is 2.12. The zero-order valence-electron chi connectivity index (χ0n) is 13.3. The number of nitrogens with zero attached hydrogens (tertiary/aromatic N) is 1. The molecule has 0 aliphatic heterocycles. The Kier molecular flexibility index (Phi) is 6.25. The van der Waals surface area contributed by atoms with E-state index >= 15 is 0 Å². The van der Waals surface area contributed by atoms with Gasteiger partial charge in [-0.3, -0.25) is 4.90 Å². The summed E-state index contributed by atoms with van der Waals surface area (Å²) in [6.07, 6.45) is 0.834. The van der Waals surface area contributed by atoms with Gasteiger partial charge in [-0.05, 0) is 43.3 Å². The van der Waals surface area contributed by atoms with Gasteiger partial charge in [0.2, 0.25) is 0 Å². The zero-order valence-corrected chi connectivity index (χ0v) is 13.3. The Hall–Kier alpha value is -2.04. The molecule has 0 heterocycles. The van der Waals surface area contributed by atoms with E-state index in [2.05, 4.69) is 17.0 Å². The maximum Gasteiger partial charge on any atom is 0.163 e. The summed E-state index contributed by atoms with van der Waals surface area (Å²) in [5, 5.41) is 0. The van der Waals surface area contributed by atoms with Crippen molar-refractivity contribution in [2.24, 2.45) is 5.73 Å². The van der Waals surface area contributed by atoms with Crippen molar-refractivity contribution >= 4 is 0 Å². The minimum atomic E-state index is 0.497. The fraction of sp³-hybridized carbons (Fsp3) is 0.333. The molecular weight excluding hydrogens is 276 g/mol. The Balaban J connectivity index is 1.96. The predicted molar refractivity (Wildman–Crippen MR) is 89.2 cm³/mol. The molecule has 0 aliphatic rings. The van der Waals surface area contributed by atoms with E-state index in [1.54, 1.807) is 7.11 Å². The number of ether oxygens (including phenoxy) is 2. The van der Waals surface area contributed by atoms with Crippen LogP contribution in [0.4, 0.5) is 0 Å². The summed E-state index contributed by atoms with van der Waals surface area (Å²) in [5.74, 6) is 1.50. The van der Waals surface area contributed by atoms with E-state index < -0.39 is 0 Å². The van der Waals surface area contributed by atoms with Gasteiger partial charge in [0.1, 0.15) is 6.73 Å². The topological polar surface area (TPSA) is 47.7 Å². The number of hydrogen-bond donors (Lipinski definition) is 1. The first kappa shape index (κ1) is 16.3. The molecule has 2 aromatic rings. The molecule has 4 heteroatoms. The molecule has 2 rings (SSSR count). The molecule has 0 bridgehead atoms. The first-order chi connectivity index (χ1) is 10.7. The molecule has 2 N–H and O–H groups in total. The minimum Gasteiger partial charge on any atom is -0.493 e. The van der Waals surface area contributed by atoms with E-state index in [4.69, 9.17) is 15.2 Å². The van der Waals surface area contributed by atoms with Crippen LogP contribution in [0.15, 0.2) is 48.5 Å². The van der Waals surface area contributed by atoms with Gasteiger partial charge >= 0.3 is 0 Å². The molecule has 0 unspecified atom stereocenters. The monoisotopic (exact) mass is 300 g/mol. The summed E-state index contributed by atoms with van der Waals surface area (Å²) in [7, 11) is 3.68. The summed E-state index contributed by atoms with van der Waals surface area (Å²) in [6.45, 7) is 1.96. The molecule has 4 nitrogen and oxygen atoms in total. The van der Waals surface area contributed by atoms with Crippen LogP contribution in [0.25, 0.3) is 0 Å². The number of nitrogens with two attached hydrogens (primary N) is 1. The normalized spacial score (nSPS) is 10.7. The van der Waals surface area contributed by atoms with Gasteiger partial charge in [0.25, 0.3) is 0 Å². The van der Waals surface area contributed by atoms with Crippen LogP contribution in [0, 0.1) is 0 Å². The average molecular weight is 300 g/mol. The summed E-state index contributed by atoms with van der Waals surface area (Å²) < 4.78 is 11.3. The highest BCUT2D eigenvalue weighted by molar-refractivity contribution is 5.43. The predicted octanol–water partition coefficient (Wildman–Crippen LogP) is 2.66. The highest BCUT2D eigenvalue weighted by atomic mass is 16.5. The van der Waals surface area contributed by atoms with Gasteiger partial charge in [0.05, 0.1) is 7.11 Å². The lowest BCUT2D eigenvalue weighted by atomic mass is 10.1. The molecule has 0 spiro atoms. The summed E-state index contributed by atoms with van der Waals surface area (Å²) in [5.41, 5.74) is 8.03. The van der Waals surface area contributed by atoms with E-state index in [1.807, 2.05) is 43.4 Å².